The van der Waals surface area contributed by atoms with Crippen LogP contribution in [-0.4, -0.2) is 24.0 Å². The smallest absolute Gasteiger partial charge is 0.00669 e. The van der Waals surface area contributed by atoms with E-state index in [4.69, 9.17) is 0 Å². The van der Waals surface area contributed by atoms with Crippen LogP contribution in [0.4, 0.5) is 0 Å². The van der Waals surface area contributed by atoms with E-state index in [0.29, 0.717) is 0 Å². The molecule has 1 rings (SSSR count). The molecule has 20 heavy (non-hydrogen) atoms. The molecule has 1 unspecified atom stereocenters. The molecule has 120 valence electrons. The predicted molar refractivity (Wildman–Crippen MR) is 91.3 cm³/mol. The molecular weight excluding hydrogens is 242 g/mol. The molecule has 0 radical (unpaired) electrons. The first-order valence-electron chi connectivity index (χ1n) is 9.58. The van der Waals surface area contributed by atoms with Gasteiger partial charge in [-0.3, -0.25) is 0 Å². The molecule has 0 aliphatic carbocycles. The van der Waals surface area contributed by atoms with Crippen molar-refractivity contribution in [1.29, 1.82) is 0 Å². The first-order valence-corrected chi connectivity index (χ1v) is 9.58. The average Bonchev–Trinajstić information content (AvgIpc) is 2.50. The predicted octanol–water partition coefficient (Wildman–Crippen LogP) is 6.17. The Hall–Kier alpha value is -0.0400. The molecule has 1 atom stereocenters. The molecule has 0 N–H and O–H groups in total. The number of rotatable bonds is 12. The first kappa shape index (κ1) is 18.0. The van der Waals surface area contributed by atoms with E-state index in [2.05, 4.69) is 18.7 Å². The maximum atomic E-state index is 2.72. The third-order valence-electron chi connectivity index (χ3n) is 4.99. The topological polar surface area (TPSA) is 3.24 Å². The Balaban J connectivity index is 1.82. The second-order valence-electron chi connectivity index (χ2n) is 6.92. The fourth-order valence-corrected chi connectivity index (χ4v) is 3.47. The summed E-state index contributed by atoms with van der Waals surface area (Å²) in [5.41, 5.74) is 0. The van der Waals surface area contributed by atoms with E-state index in [9.17, 15) is 0 Å². The quantitative estimate of drug-likeness (QED) is 0.386. The summed E-state index contributed by atoms with van der Waals surface area (Å²) >= 11 is 0. The molecule has 0 aromatic heterocycles. The first-order chi connectivity index (χ1) is 9.84. The highest BCUT2D eigenvalue weighted by Crippen LogP contribution is 2.17. The van der Waals surface area contributed by atoms with Crippen LogP contribution in [0.15, 0.2) is 0 Å². The Morgan fingerprint density at radius 3 is 1.75 bits per heavy atom. The normalized spacial score (nSPS) is 18.3. The van der Waals surface area contributed by atoms with Crippen LogP contribution in [-0.2, 0) is 0 Å². The fraction of sp³-hybridized carbons (Fsp3) is 1.00. The van der Waals surface area contributed by atoms with Crippen molar-refractivity contribution < 1.29 is 0 Å². The van der Waals surface area contributed by atoms with Crippen LogP contribution in [0, 0.1) is 0 Å². The van der Waals surface area contributed by atoms with Gasteiger partial charge in [-0.15, -0.1) is 0 Å². The van der Waals surface area contributed by atoms with Crippen molar-refractivity contribution in [2.45, 2.75) is 110 Å². The number of hydrogen-bond acceptors (Lipinski definition) is 1. The molecule has 1 nitrogen and oxygen atoms in total. The summed E-state index contributed by atoms with van der Waals surface area (Å²) in [6.07, 6.45) is 20.3. The number of likely N-dealkylation sites (tertiary alicyclic amines) is 1. The molecule has 0 aromatic rings. The van der Waals surface area contributed by atoms with Crippen molar-refractivity contribution in [2.75, 3.05) is 13.1 Å². The molecule has 1 aliphatic heterocycles. The van der Waals surface area contributed by atoms with E-state index in [1.54, 1.807) is 0 Å². The van der Waals surface area contributed by atoms with Gasteiger partial charge in [0.1, 0.15) is 0 Å². The van der Waals surface area contributed by atoms with Gasteiger partial charge in [-0.2, -0.15) is 0 Å². The van der Waals surface area contributed by atoms with Crippen LogP contribution in [0.2, 0.25) is 0 Å². The van der Waals surface area contributed by atoms with Crippen molar-refractivity contribution in [3.8, 4) is 0 Å². The van der Waals surface area contributed by atoms with Crippen LogP contribution in [0.1, 0.15) is 104 Å². The zero-order valence-corrected chi connectivity index (χ0v) is 14.3. The summed E-state index contributed by atoms with van der Waals surface area (Å²) in [4.78, 5) is 2.72. The SMILES string of the molecule is CCCCCCCCCCCCC(C)N1CCCCC1. The monoisotopic (exact) mass is 281 g/mol. The van der Waals surface area contributed by atoms with Crippen LogP contribution < -0.4 is 0 Å². The second kappa shape index (κ2) is 12.7. The largest absolute Gasteiger partial charge is 0.301 e. The highest BCUT2D eigenvalue weighted by atomic mass is 15.1. The van der Waals surface area contributed by atoms with E-state index in [1.165, 1.54) is 103 Å². The number of unbranched alkanes of at least 4 members (excludes halogenated alkanes) is 9. The van der Waals surface area contributed by atoms with Crippen molar-refractivity contribution in [3.63, 3.8) is 0 Å². The molecule has 1 fully saturated rings. The lowest BCUT2D eigenvalue weighted by Crippen LogP contribution is -2.37. The van der Waals surface area contributed by atoms with Crippen molar-refractivity contribution >= 4 is 0 Å². The summed E-state index contributed by atoms with van der Waals surface area (Å²) in [5.74, 6) is 0. The molecule has 0 saturated carbocycles. The van der Waals surface area contributed by atoms with Gasteiger partial charge < -0.3 is 4.90 Å². The number of hydrogen-bond donors (Lipinski definition) is 0. The Bertz CT molecular complexity index is 196. The number of nitrogens with zero attached hydrogens (tertiary/aromatic N) is 1. The lowest BCUT2D eigenvalue weighted by molar-refractivity contribution is 0.164. The minimum absolute atomic E-state index is 0.837. The summed E-state index contributed by atoms with van der Waals surface area (Å²) in [7, 11) is 0. The summed E-state index contributed by atoms with van der Waals surface area (Å²) in [6.45, 7) is 7.46. The molecule has 0 amide bonds. The van der Waals surface area contributed by atoms with Crippen molar-refractivity contribution in [2.24, 2.45) is 0 Å². The summed E-state index contributed by atoms with van der Waals surface area (Å²) < 4.78 is 0. The van der Waals surface area contributed by atoms with E-state index in [0.717, 1.165) is 6.04 Å². The van der Waals surface area contributed by atoms with Gasteiger partial charge in [0.25, 0.3) is 0 Å². The minimum Gasteiger partial charge on any atom is -0.301 e. The highest BCUT2D eigenvalue weighted by molar-refractivity contribution is 4.71. The third-order valence-corrected chi connectivity index (χ3v) is 4.99. The molecule has 0 spiro atoms. The molecule has 1 heterocycles. The molecule has 1 heteroatoms. The van der Waals surface area contributed by atoms with Gasteiger partial charge in [-0.1, -0.05) is 77.6 Å². The second-order valence-corrected chi connectivity index (χ2v) is 6.92. The maximum absolute atomic E-state index is 2.72. The van der Waals surface area contributed by atoms with Gasteiger partial charge >= 0.3 is 0 Å². The Labute approximate surface area is 128 Å². The van der Waals surface area contributed by atoms with E-state index in [-0.39, 0.29) is 0 Å². The fourth-order valence-electron chi connectivity index (χ4n) is 3.47. The molecule has 1 aliphatic rings. The number of piperidine rings is 1. The van der Waals surface area contributed by atoms with Gasteiger partial charge in [0.2, 0.25) is 0 Å². The van der Waals surface area contributed by atoms with Gasteiger partial charge in [-0.05, 0) is 39.3 Å². The molecular formula is C19H39N. The average molecular weight is 282 g/mol. The van der Waals surface area contributed by atoms with E-state index in [1.807, 2.05) is 0 Å². The van der Waals surface area contributed by atoms with Crippen LogP contribution in [0.5, 0.6) is 0 Å². The maximum Gasteiger partial charge on any atom is 0.00669 e. The zero-order chi connectivity index (χ0) is 14.5. The van der Waals surface area contributed by atoms with Crippen molar-refractivity contribution in [1.82, 2.24) is 4.90 Å². The molecule has 0 bridgehead atoms. The lowest BCUT2D eigenvalue weighted by atomic mass is 10.0. The van der Waals surface area contributed by atoms with Gasteiger partial charge in [0, 0.05) is 6.04 Å². The van der Waals surface area contributed by atoms with Crippen molar-refractivity contribution in [3.05, 3.63) is 0 Å². The summed E-state index contributed by atoms with van der Waals surface area (Å²) in [5, 5.41) is 0. The van der Waals surface area contributed by atoms with Crippen LogP contribution in [0.3, 0.4) is 0 Å². The van der Waals surface area contributed by atoms with E-state index < -0.39 is 0 Å². The molecule has 1 saturated heterocycles. The zero-order valence-electron chi connectivity index (χ0n) is 14.3. The van der Waals surface area contributed by atoms with Crippen LogP contribution in [0.25, 0.3) is 0 Å². The van der Waals surface area contributed by atoms with Gasteiger partial charge in [-0.25, -0.2) is 0 Å². The minimum atomic E-state index is 0.837. The van der Waals surface area contributed by atoms with E-state index >= 15 is 0 Å². The Morgan fingerprint density at radius 2 is 1.20 bits per heavy atom. The standard InChI is InChI=1S/C19H39N/c1-3-4-5-6-7-8-9-10-11-13-16-19(2)20-17-14-12-15-18-20/h19H,3-18H2,1-2H3. The Kier molecular flexibility index (Phi) is 11.4. The summed E-state index contributed by atoms with van der Waals surface area (Å²) in [6, 6.07) is 0.837. The van der Waals surface area contributed by atoms with Gasteiger partial charge in [0.05, 0.1) is 0 Å². The highest BCUT2D eigenvalue weighted by Gasteiger charge is 2.15. The lowest BCUT2D eigenvalue weighted by Gasteiger charge is -2.32. The molecule has 0 aromatic carbocycles. The van der Waals surface area contributed by atoms with Crippen LogP contribution >= 0.6 is 0 Å². The third kappa shape index (κ3) is 9.00. The Morgan fingerprint density at radius 1 is 0.700 bits per heavy atom. The van der Waals surface area contributed by atoms with Gasteiger partial charge in [0.15, 0.2) is 0 Å².